The van der Waals surface area contributed by atoms with E-state index in [1.807, 2.05) is 19.9 Å². The molecule has 4 rings (SSSR count). The lowest BCUT2D eigenvalue weighted by molar-refractivity contribution is -0.114. The van der Waals surface area contributed by atoms with E-state index in [-0.39, 0.29) is 16.6 Å². The van der Waals surface area contributed by atoms with Crippen molar-refractivity contribution in [3.8, 4) is 11.5 Å². The number of ether oxygens (including phenoxy) is 2. The molecule has 3 aromatic rings. The highest BCUT2D eigenvalue weighted by atomic mass is 32.2. The predicted octanol–water partition coefficient (Wildman–Crippen LogP) is 4.39. The van der Waals surface area contributed by atoms with Gasteiger partial charge in [-0.25, -0.2) is 8.42 Å². The summed E-state index contributed by atoms with van der Waals surface area (Å²) in [5, 5.41) is 2.77. The lowest BCUT2D eigenvalue weighted by atomic mass is 10.1. The number of carbonyl (C=O) groups is 2. The monoisotopic (exact) mass is 551 g/mol. The zero-order chi connectivity index (χ0) is 28.2. The van der Waals surface area contributed by atoms with Crippen molar-refractivity contribution >= 4 is 33.2 Å². The van der Waals surface area contributed by atoms with Gasteiger partial charge in [0.1, 0.15) is 6.54 Å². The van der Waals surface area contributed by atoms with E-state index in [2.05, 4.69) is 5.32 Å². The number of aryl methyl sites for hydroxylation is 2. The molecular weight excluding hydrogens is 518 g/mol. The molecule has 0 unspecified atom stereocenters. The molecule has 0 aliphatic carbocycles. The van der Waals surface area contributed by atoms with Crippen LogP contribution in [0, 0.1) is 13.8 Å². The summed E-state index contributed by atoms with van der Waals surface area (Å²) in [6, 6.07) is 16.4. The van der Waals surface area contributed by atoms with Gasteiger partial charge in [0.25, 0.3) is 15.9 Å². The van der Waals surface area contributed by atoms with Crippen LogP contribution >= 0.6 is 0 Å². The van der Waals surface area contributed by atoms with Crippen LogP contribution in [-0.4, -0.2) is 59.0 Å². The summed E-state index contributed by atoms with van der Waals surface area (Å²) in [4.78, 5) is 28.1. The van der Waals surface area contributed by atoms with Crippen molar-refractivity contribution in [3.63, 3.8) is 0 Å². The average Bonchev–Trinajstić information content (AvgIpc) is 3.46. The van der Waals surface area contributed by atoms with E-state index in [4.69, 9.17) is 9.47 Å². The number of sulfonamides is 1. The second-order valence-electron chi connectivity index (χ2n) is 9.47. The third kappa shape index (κ3) is 6.17. The third-order valence-electron chi connectivity index (χ3n) is 6.55. The minimum Gasteiger partial charge on any atom is -0.493 e. The summed E-state index contributed by atoms with van der Waals surface area (Å²) in [5.41, 5.74) is 2.74. The first-order valence-corrected chi connectivity index (χ1v) is 14.1. The summed E-state index contributed by atoms with van der Waals surface area (Å²) >= 11 is 0. The molecule has 0 spiro atoms. The molecule has 2 amide bonds. The second kappa shape index (κ2) is 11.8. The molecule has 3 aromatic carbocycles. The minimum absolute atomic E-state index is 0.0586. The Hall–Kier alpha value is -4.05. The van der Waals surface area contributed by atoms with Crippen molar-refractivity contribution in [2.24, 2.45) is 0 Å². The minimum atomic E-state index is -4.21. The van der Waals surface area contributed by atoms with Gasteiger partial charge in [0.15, 0.2) is 11.5 Å². The molecule has 1 saturated heterocycles. The molecule has 0 bridgehead atoms. The second-order valence-corrected chi connectivity index (χ2v) is 11.3. The molecule has 1 fully saturated rings. The molecule has 0 saturated carbocycles. The number of hydrogen-bond acceptors (Lipinski definition) is 6. The number of nitrogens with one attached hydrogen (secondary N) is 1. The van der Waals surface area contributed by atoms with Crippen molar-refractivity contribution in [3.05, 3.63) is 77.4 Å². The number of likely N-dealkylation sites (tertiary alicyclic amines) is 1. The highest BCUT2D eigenvalue weighted by molar-refractivity contribution is 7.92. The van der Waals surface area contributed by atoms with Crippen molar-refractivity contribution < 1.29 is 27.5 Å². The highest BCUT2D eigenvalue weighted by Gasteiger charge is 2.29. The first kappa shape index (κ1) is 28.0. The normalized spacial score (nSPS) is 13.2. The zero-order valence-electron chi connectivity index (χ0n) is 22.6. The molecule has 1 aliphatic heterocycles. The van der Waals surface area contributed by atoms with Gasteiger partial charge in [-0.1, -0.05) is 18.2 Å². The summed E-state index contributed by atoms with van der Waals surface area (Å²) in [6.07, 6.45) is 1.89. The van der Waals surface area contributed by atoms with E-state index in [0.29, 0.717) is 35.8 Å². The predicted molar refractivity (Wildman–Crippen MR) is 150 cm³/mol. The molecule has 1 N–H and O–H groups in total. The number of amides is 2. The topological polar surface area (TPSA) is 105 Å². The zero-order valence-corrected chi connectivity index (χ0v) is 23.4. The molecule has 206 valence electrons. The molecule has 1 aliphatic rings. The smallest absolute Gasteiger partial charge is 0.264 e. The SMILES string of the molecule is COc1ccc(S(=O)(=O)N(CC(=O)Nc2ccccc2C(=O)N2CCCC2)c2cc(C)cc(C)c2)cc1OC. The van der Waals surface area contributed by atoms with E-state index < -0.39 is 22.5 Å². The van der Waals surface area contributed by atoms with Crippen LogP contribution in [0.15, 0.2) is 65.6 Å². The molecular formula is C29H33N3O6S. The van der Waals surface area contributed by atoms with Crippen LogP contribution < -0.4 is 19.1 Å². The molecule has 0 aromatic heterocycles. The highest BCUT2D eigenvalue weighted by Crippen LogP contribution is 2.33. The lowest BCUT2D eigenvalue weighted by Crippen LogP contribution is -2.38. The molecule has 9 nitrogen and oxygen atoms in total. The van der Waals surface area contributed by atoms with Gasteiger partial charge in [-0.2, -0.15) is 0 Å². The number of benzene rings is 3. The Labute approximate surface area is 229 Å². The summed E-state index contributed by atoms with van der Waals surface area (Å²) < 4.78 is 39.5. The molecule has 10 heteroatoms. The lowest BCUT2D eigenvalue weighted by Gasteiger charge is -2.25. The van der Waals surface area contributed by atoms with E-state index in [0.717, 1.165) is 28.3 Å². The van der Waals surface area contributed by atoms with Crippen molar-refractivity contribution in [2.45, 2.75) is 31.6 Å². The average molecular weight is 552 g/mol. The summed E-state index contributed by atoms with van der Waals surface area (Å²) in [6.45, 7) is 4.55. The molecule has 0 atom stereocenters. The first-order chi connectivity index (χ1) is 18.6. The Morgan fingerprint density at radius 3 is 2.18 bits per heavy atom. The van der Waals surface area contributed by atoms with Gasteiger partial charge in [0.05, 0.1) is 36.1 Å². The van der Waals surface area contributed by atoms with Gasteiger partial charge >= 0.3 is 0 Å². The number of carbonyl (C=O) groups excluding carboxylic acids is 2. The Kier molecular flexibility index (Phi) is 8.44. The van der Waals surface area contributed by atoms with Crippen LogP contribution in [-0.2, 0) is 14.8 Å². The molecule has 0 radical (unpaired) electrons. The van der Waals surface area contributed by atoms with E-state index >= 15 is 0 Å². The maximum atomic E-state index is 13.9. The van der Waals surface area contributed by atoms with Crippen LogP contribution in [0.25, 0.3) is 0 Å². The standard InChI is InChI=1S/C29H33N3O6S/c1-20-15-21(2)17-22(16-20)32(39(35,36)23-11-12-26(37-3)27(18-23)38-4)19-28(33)30-25-10-6-5-9-24(25)29(34)31-13-7-8-14-31/h5-6,9-12,15-18H,7-8,13-14,19H2,1-4H3,(H,30,33). The van der Waals surface area contributed by atoms with Crippen molar-refractivity contribution in [2.75, 3.05) is 43.5 Å². The number of hydrogen-bond donors (Lipinski definition) is 1. The largest absolute Gasteiger partial charge is 0.493 e. The Morgan fingerprint density at radius 2 is 1.54 bits per heavy atom. The van der Waals surface area contributed by atoms with Gasteiger partial charge in [-0.05, 0) is 74.2 Å². The van der Waals surface area contributed by atoms with Crippen LogP contribution in [0.3, 0.4) is 0 Å². The van der Waals surface area contributed by atoms with Crippen molar-refractivity contribution in [1.82, 2.24) is 4.90 Å². The van der Waals surface area contributed by atoms with E-state index in [9.17, 15) is 18.0 Å². The molecule has 1 heterocycles. The van der Waals surface area contributed by atoms with Crippen LogP contribution in [0.2, 0.25) is 0 Å². The van der Waals surface area contributed by atoms with E-state index in [1.54, 1.807) is 41.3 Å². The Morgan fingerprint density at radius 1 is 0.897 bits per heavy atom. The molecule has 39 heavy (non-hydrogen) atoms. The van der Waals surface area contributed by atoms with Gasteiger partial charge in [0, 0.05) is 19.2 Å². The summed E-state index contributed by atoms with van der Waals surface area (Å²) in [5.74, 6) is -0.114. The fourth-order valence-corrected chi connectivity index (χ4v) is 6.12. The van der Waals surface area contributed by atoms with Crippen LogP contribution in [0.5, 0.6) is 11.5 Å². The van der Waals surface area contributed by atoms with E-state index in [1.165, 1.54) is 32.4 Å². The Bertz CT molecular complexity index is 1460. The number of rotatable bonds is 9. The van der Waals surface area contributed by atoms with Gasteiger partial charge in [-0.3, -0.25) is 13.9 Å². The maximum absolute atomic E-state index is 13.9. The van der Waals surface area contributed by atoms with Crippen LogP contribution in [0.1, 0.15) is 34.3 Å². The maximum Gasteiger partial charge on any atom is 0.264 e. The number of nitrogens with zero attached hydrogens (tertiary/aromatic N) is 2. The summed E-state index contributed by atoms with van der Waals surface area (Å²) in [7, 11) is -1.33. The third-order valence-corrected chi connectivity index (χ3v) is 8.32. The number of methoxy groups -OCH3 is 2. The Balaban J connectivity index is 1.69. The van der Waals surface area contributed by atoms with Gasteiger partial charge < -0.3 is 19.7 Å². The number of anilines is 2. The van der Waals surface area contributed by atoms with Crippen LogP contribution in [0.4, 0.5) is 11.4 Å². The van der Waals surface area contributed by atoms with Gasteiger partial charge in [-0.15, -0.1) is 0 Å². The fraction of sp³-hybridized carbons (Fsp3) is 0.310. The van der Waals surface area contributed by atoms with Crippen molar-refractivity contribution in [1.29, 1.82) is 0 Å². The fourth-order valence-electron chi connectivity index (χ4n) is 4.70. The first-order valence-electron chi connectivity index (χ1n) is 12.6. The quantitative estimate of drug-likeness (QED) is 0.423. The van der Waals surface area contributed by atoms with Gasteiger partial charge in [0.2, 0.25) is 5.91 Å². The number of para-hydroxylation sites is 1.